The molecule has 0 atom stereocenters. The van der Waals surface area contributed by atoms with Gasteiger partial charge in [-0.1, -0.05) is 36.4 Å². The molecule has 8 nitrogen and oxygen atoms in total. The Bertz CT molecular complexity index is 1280. The van der Waals surface area contributed by atoms with Crippen molar-refractivity contribution in [2.45, 2.75) is 11.3 Å². The Kier molecular flexibility index (Phi) is 5.94. The van der Waals surface area contributed by atoms with Crippen molar-refractivity contribution in [2.24, 2.45) is 5.14 Å². The quantitative estimate of drug-likeness (QED) is 0.446. The van der Waals surface area contributed by atoms with Crippen LogP contribution < -0.4 is 10.5 Å². The van der Waals surface area contributed by atoms with Crippen LogP contribution in [0.5, 0.6) is 0 Å². The molecule has 0 unspecified atom stereocenters. The summed E-state index contributed by atoms with van der Waals surface area (Å²) in [5, 5.41) is 14.3. The molecule has 0 spiro atoms. The number of rotatable bonds is 7. The molecule has 3 N–H and O–H groups in total. The molecule has 4 aromatic rings. The summed E-state index contributed by atoms with van der Waals surface area (Å²) in [6.07, 6.45) is 0.522. The van der Waals surface area contributed by atoms with E-state index >= 15 is 0 Å². The zero-order valence-corrected chi connectivity index (χ0v) is 17.9. The first kappa shape index (κ1) is 20.9. The second-order valence-corrected chi connectivity index (χ2v) is 9.19. The zero-order valence-electron chi connectivity index (χ0n) is 16.3. The van der Waals surface area contributed by atoms with E-state index in [4.69, 9.17) is 5.14 Å². The smallest absolute Gasteiger partial charge is 0.291 e. The van der Waals surface area contributed by atoms with Crippen LogP contribution in [0.25, 0.3) is 16.4 Å². The van der Waals surface area contributed by atoms with E-state index in [2.05, 4.69) is 15.4 Å². The van der Waals surface area contributed by atoms with Gasteiger partial charge in [0.25, 0.3) is 5.91 Å². The fraction of sp³-hybridized carbons (Fsp3) is 0.0952. The Morgan fingerprint density at radius 3 is 2.42 bits per heavy atom. The van der Waals surface area contributed by atoms with Gasteiger partial charge in [0.15, 0.2) is 5.82 Å². The predicted octanol–water partition coefficient (Wildman–Crippen LogP) is 2.62. The average molecular weight is 454 g/mol. The second-order valence-electron chi connectivity index (χ2n) is 6.68. The first-order valence-electron chi connectivity index (χ1n) is 9.38. The predicted molar refractivity (Wildman–Crippen MR) is 119 cm³/mol. The normalized spacial score (nSPS) is 11.4. The lowest BCUT2D eigenvalue weighted by atomic mass is 10.1. The van der Waals surface area contributed by atoms with Gasteiger partial charge in [-0.3, -0.25) is 4.79 Å². The van der Waals surface area contributed by atoms with Gasteiger partial charge < -0.3 is 5.32 Å². The molecule has 0 radical (unpaired) electrons. The molecule has 0 aliphatic rings. The Morgan fingerprint density at radius 1 is 1.03 bits per heavy atom. The maximum atomic E-state index is 12.6. The number of hydrogen-bond acceptors (Lipinski definition) is 6. The molecule has 2 aromatic carbocycles. The molecule has 0 saturated carbocycles. The molecule has 4 rings (SSSR count). The van der Waals surface area contributed by atoms with Crippen LogP contribution in [0.4, 0.5) is 0 Å². The highest BCUT2D eigenvalue weighted by Crippen LogP contribution is 2.25. The van der Waals surface area contributed by atoms with Crippen molar-refractivity contribution in [2.75, 3.05) is 6.54 Å². The van der Waals surface area contributed by atoms with Gasteiger partial charge in [0.1, 0.15) is 0 Å². The molecular formula is C21H19N5O3S2. The molecule has 10 heteroatoms. The number of primary sulfonamides is 1. The van der Waals surface area contributed by atoms with Gasteiger partial charge in [-0.05, 0) is 47.7 Å². The number of nitrogens with two attached hydrogens (primary N) is 1. The minimum atomic E-state index is -3.72. The molecule has 0 saturated heterocycles. The minimum Gasteiger partial charge on any atom is -0.349 e. The Hall–Kier alpha value is -3.34. The fourth-order valence-electron chi connectivity index (χ4n) is 2.97. The van der Waals surface area contributed by atoms with Crippen LogP contribution in [0.3, 0.4) is 0 Å². The van der Waals surface area contributed by atoms with Crippen molar-refractivity contribution in [3.05, 3.63) is 83.5 Å². The highest BCUT2D eigenvalue weighted by atomic mass is 32.2. The number of para-hydroxylation sites is 1. The number of sulfonamides is 1. The molecule has 0 aliphatic heterocycles. The van der Waals surface area contributed by atoms with Crippen molar-refractivity contribution in [1.29, 1.82) is 0 Å². The van der Waals surface area contributed by atoms with E-state index in [0.717, 1.165) is 16.1 Å². The van der Waals surface area contributed by atoms with Crippen molar-refractivity contribution < 1.29 is 13.2 Å². The topological polar surface area (TPSA) is 120 Å². The van der Waals surface area contributed by atoms with E-state index in [0.29, 0.717) is 18.8 Å². The van der Waals surface area contributed by atoms with Crippen molar-refractivity contribution >= 4 is 27.3 Å². The van der Waals surface area contributed by atoms with Gasteiger partial charge in [-0.2, -0.15) is 0 Å². The summed E-state index contributed by atoms with van der Waals surface area (Å²) in [6.45, 7) is 0.349. The molecule has 158 valence electrons. The number of carbonyl (C=O) groups is 1. The van der Waals surface area contributed by atoms with E-state index in [-0.39, 0.29) is 16.6 Å². The third-order valence-electron chi connectivity index (χ3n) is 4.50. The molecular weight excluding hydrogens is 434 g/mol. The third kappa shape index (κ3) is 4.88. The number of aromatic nitrogens is 3. The SMILES string of the molecule is NS(=O)(=O)c1ccc(CCNC(=O)c2nc(-c3cccs3)n(-c3ccccc3)n2)cc1. The van der Waals surface area contributed by atoms with Gasteiger partial charge >= 0.3 is 0 Å². The summed E-state index contributed by atoms with van der Waals surface area (Å²) in [4.78, 5) is 18.1. The molecule has 0 bridgehead atoms. The van der Waals surface area contributed by atoms with Gasteiger partial charge in [-0.25, -0.2) is 23.2 Å². The number of thiophene rings is 1. The number of amides is 1. The first-order chi connectivity index (χ1) is 14.9. The number of nitrogens with zero attached hydrogens (tertiary/aromatic N) is 3. The van der Waals surface area contributed by atoms with Crippen LogP contribution in [-0.2, 0) is 16.4 Å². The molecule has 0 aliphatic carbocycles. The van der Waals surface area contributed by atoms with Gasteiger partial charge in [-0.15, -0.1) is 16.4 Å². The summed E-state index contributed by atoms with van der Waals surface area (Å²) in [6, 6.07) is 19.6. The monoisotopic (exact) mass is 453 g/mol. The molecule has 0 fully saturated rings. The zero-order chi connectivity index (χ0) is 21.8. The van der Waals surface area contributed by atoms with Crippen LogP contribution in [0.15, 0.2) is 77.0 Å². The Morgan fingerprint density at radius 2 is 1.77 bits per heavy atom. The Balaban J connectivity index is 1.47. The summed E-state index contributed by atoms with van der Waals surface area (Å²) in [5.74, 6) is 0.301. The minimum absolute atomic E-state index is 0.0528. The highest BCUT2D eigenvalue weighted by Gasteiger charge is 2.19. The summed E-state index contributed by atoms with van der Waals surface area (Å²) in [5.41, 5.74) is 1.68. The van der Waals surface area contributed by atoms with Gasteiger partial charge in [0.2, 0.25) is 15.8 Å². The van der Waals surface area contributed by atoms with Crippen molar-refractivity contribution in [3.63, 3.8) is 0 Å². The van der Waals surface area contributed by atoms with E-state index in [1.54, 1.807) is 16.8 Å². The van der Waals surface area contributed by atoms with E-state index in [9.17, 15) is 13.2 Å². The van der Waals surface area contributed by atoms with Gasteiger partial charge in [0.05, 0.1) is 15.5 Å². The van der Waals surface area contributed by atoms with Crippen LogP contribution in [0, 0.1) is 0 Å². The number of carbonyl (C=O) groups excluding carboxylic acids is 1. The fourth-order valence-corrected chi connectivity index (χ4v) is 4.18. The van der Waals surface area contributed by atoms with Crippen LogP contribution >= 0.6 is 11.3 Å². The largest absolute Gasteiger partial charge is 0.349 e. The molecule has 2 heterocycles. The van der Waals surface area contributed by atoms with Crippen molar-refractivity contribution in [3.8, 4) is 16.4 Å². The summed E-state index contributed by atoms with van der Waals surface area (Å²) >= 11 is 1.52. The van der Waals surface area contributed by atoms with E-state index in [1.807, 2.05) is 47.8 Å². The average Bonchev–Trinajstić information content (AvgIpc) is 3.44. The van der Waals surface area contributed by atoms with E-state index in [1.165, 1.54) is 23.5 Å². The number of nitrogens with one attached hydrogen (secondary N) is 1. The van der Waals surface area contributed by atoms with Crippen LogP contribution in [0.1, 0.15) is 16.2 Å². The molecule has 31 heavy (non-hydrogen) atoms. The standard InChI is InChI=1S/C21H19N5O3S2/c22-31(28,29)17-10-8-15(9-11-17)12-13-23-21(27)19-24-20(18-7-4-14-30-18)26(25-19)16-5-2-1-3-6-16/h1-11,14H,12-13H2,(H,23,27)(H2,22,28,29). The number of hydrogen-bond donors (Lipinski definition) is 2. The summed E-state index contributed by atoms with van der Waals surface area (Å²) in [7, 11) is -3.72. The number of benzene rings is 2. The second kappa shape index (κ2) is 8.80. The third-order valence-corrected chi connectivity index (χ3v) is 6.30. The Labute approximate surface area is 183 Å². The summed E-state index contributed by atoms with van der Waals surface area (Å²) < 4.78 is 24.3. The maximum absolute atomic E-state index is 12.6. The lowest BCUT2D eigenvalue weighted by Crippen LogP contribution is -2.27. The van der Waals surface area contributed by atoms with Crippen LogP contribution in [-0.4, -0.2) is 35.6 Å². The van der Waals surface area contributed by atoms with Crippen molar-refractivity contribution in [1.82, 2.24) is 20.1 Å². The first-order valence-corrected chi connectivity index (χ1v) is 11.8. The molecule has 1 amide bonds. The highest BCUT2D eigenvalue weighted by molar-refractivity contribution is 7.89. The lowest BCUT2D eigenvalue weighted by molar-refractivity contribution is 0.0944. The van der Waals surface area contributed by atoms with Gasteiger partial charge in [0, 0.05) is 6.54 Å². The molecule has 2 aromatic heterocycles. The maximum Gasteiger partial charge on any atom is 0.291 e. The lowest BCUT2D eigenvalue weighted by Gasteiger charge is -2.04. The van der Waals surface area contributed by atoms with E-state index < -0.39 is 10.0 Å². The van der Waals surface area contributed by atoms with Crippen LogP contribution in [0.2, 0.25) is 0 Å².